The molecule has 5 heterocycles. The number of benzene rings is 4. The summed E-state index contributed by atoms with van der Waals surface area (Å²) in [6.07, 6.45) is 0. The molecule has 8 nitrogen and oxygen atoms in total. The zero-order chi connectivity index (χ0) is 35.9. The number of aryl methyl sites for hydroxylation is 8. The number of hydrogen-bond donors (Lipinski definition) is 0. The third-order valence-electron chi connectivity index (χ3n) is 9.97. The van der Waals surface area contributed by atoms with Gasteiger partial charge in [-0.05, 0) is 121 Å². The topological polar surface area (TPSA) is 106 Å². The second-order valence-electron chi connectivity index (χ2n) is 13.3. The molecule has 0 atom stereocenters. The molecule has 0 radical (unpaired) electrons. The average Bonchev–Trinajstić information content (AvgIpc) is 3.84. The standard InChI is InChI=1S/C40H32N8.2ClH.Ru/c1-17-9-10-18(2)26-25(17)33-41-34(26)46-36-29-21(5)13-14-22(6)30(29)38(43-36)48-40-32-24(8)16-15-23(7)31(32)39(44-40)47-37-28-20(4)12-11-19(3)27(28)35(42-37)45-33;;;/h9-16H,1-8H3;2*1H;/q-2;;;+4/p-2. The predicted molar refractivity (Wildman–Crippen MR) is 204 cm³/mol. The van der Waals surface area contributed by atoms with Crippen LogP contribution in [-0.4, -0.2) is 29.9 Å². The Labute approximate surface area is 310 Å². The van der Waals surface area contributed by atoms with E-state index < -0.39 is 0 Å². The zero-order valence-electron chi connectivity index (χ0n) is 29.3. The van der Waals surface area contributed by atoms with E-state index in [-0.39, 0.29) is 15.1 Å². The molecule has 0 aliphatic carbocycles. The van der Waals surface area contributed by atoms with Crippen molar-refractivity contribution in [2.45, 2.75) is 55.4 Å². The van der Waals surface area contributed by atoms with Crippen molar-refractivity contribution < 1.29 is 15.1 Å². The molecule has 2 aliphatic rings. The molecule has 0 fully saturated rings. The molecule has 0 saturated heterocycles. The second kappa shape index (κ2) is 12.6. The van der Waals surface area contributed by atoms with Crippen molar-refractivity contribution in [1.82, 2.24) is 39.9 Å². The molecule has 7 aromatic rings. The monoisotopic (exact) mass is 796 g/mol. The van der Waals surface area contributed by atoms with Crippen LogP contribution in [0.5, 0.6) is 0 Å². The molecule has 8 bridgehead atoms. The first kappa shape index (κ1) is 33.6. The van der Waals surface area contributed by atoms with E-state index in [1.165, 1.54) is 0 Å². The zero-order valence-corrected chi connectivity index (χ0v) is 32.6. The van der Waals surface area contributed by atoms with Crippen LogP contribution in [0.2, 0.25) is 0 Å². The molecule has 2 aliphatic heterocycles. The van der Waals surface area contributed by atoms with Crippen molar-refractivity contribution in [2.24, 2.45) is 0 Å². The first-order valence-corrected chi connectivity index (χ1v) is 21.0. The Bertz CT molecular complexity index is 2430. The van der Waals surface area contributed by atoms with Crippen LogP contribution in [0.3, 0.4) is 0 Å². The normalized spacial score (nSPS) is 11.8. The van der Waals surface area contributed by atoms with Gasteiger partial charge >= 0.3 is 34.5 Å². The van der Waals surface area contributed by atoms with E-state index in [1.807, 2.05) is 0 Å². The third-order valence-corrected chi connectivity index (χ3v) is 9.97. The summed E-state index contributed by atoms with van der Waals surface area (Å²) in [7, 11) is 9.71. The quantitative estimate of drug-likeness (QED) is 0.140. The number of aromatic nitrogens is 8. The van der Waals surface area contributed by atoms with Crippen LogP contribution in [-0.2, 0) is 15.1 Å². The predicted octanol–water partition coefficient (Wildman–Crippen LogP) is 9.97. The number of nitrogens with zero attached hydrogens (tertiary/aromatic N) is 8. The van der Waals surface area contributed by atoms with Crippen molar-refractivity contribution >= 4 is 63.5 Å². The number of rotatable bonds is 0. The average molecular weight is 797 g/mol. The Morgan fingerprint density at radius 3 is 0.765 bits per heavy atom. The van der Waals surface area contributed by atoms with Gasteiger partial charge in [-0.15, -0.1) is 0 Å². The van der Waals surface area contributed by atoms with E-state index in [1.54, 1.807) is 0 Å². The molecule has 11 heteroatoms. The van der Waals surface area contributed by atoms with E-state index in [4.69, 9.17) is 59.3 Å². The van der Waals surface area contributed by atoms with Crippen molar-refractivity contribution in [1.29, 1.82) is 0 Å². The minimum absolute atomic E-state index is 0.346. The van der Waals surface area contributed by atoms with Gasteiger partial charge in [0.1, 0.15) is 0 Å². The van der Waals surface area contributed by atoms with Crippen LogP contribution in [0.25, 0.3) is 89.7 Å². The molecule has 4 aromatic carbocycles. The van der Waals surface area contributed by atoms with Crippen LogP contribution >= 0.6 is 19.4 Å². The Morgan fingerprint density at radius 2 is 0.549 bits per heavy atom. The SMILES string of the molecule is Cc1ccc(C)c2c1-c1nc-2nc2[n-]c(nc3nc(nc4[n-]c(n1)c1c(C)ccc(C)c41)-c1c(C)ccc(C)c1-3)c1c(C)ccc(C)c21.[Cl][Ru+2][Cl]. The van der Waals surface area contributed by atoms with Crippen LogP contribution < -0.4 is 9.97 Å². The van der Waals surface area contributed by atoms with Gasteiger partial charge in [-0.2, -0.15) is 0 Å². The van der Waals surface area contributed by atoms with E-state index in [0.29, 0.717) is 45.9 Å². The first-order chi connectivity index (χ1) is 24.5. The second-order valence-corrected chi connectivity index (χ2v) is 16.0. The molecule has 254 valence electrons. The molecular weight excluding hydrogens is 764 g/mol. The molecule has 0 unspecified atom stereocenters. The molecule has 0 amide bonds. The van der Waals surface area contributed by atoms with Crippen LogP contribution in [0.4, 0.5) is 0 Å². The van der Waals surface area contributed by atoms with Gasteiger partial charge < -0.3 is 29.9 Å². The summed E-state index contributed by atoms with van der Waals surface area (Å²) < 4.78 is 0. The van der Waals surface area contributed by atoms with E-state index >= 15 is 0 Å². The fourth-order valence-corrected chi connectivity index (χ4v) is 7.45. The molecule has 51 heavy (non-hydrogen) atoms. The molecular formula is C40H32Cl2N8Ru. The number of hydrogen-bond acceptors (Lipinski definition) is 6. The summed E-state index contributed by atoms with van der Waals surface area (Å²) in [5.74, 6) is 2.35. The van der Waals surface area contributed by atoms with E-state index in [2.05, 4.69) is 104 Å². The fraction of sp³-hybridized carbons (Fsp3) is 0.200. The van der Waals surface area contributed by atoms with E-state index in [9.17, 15) is 0 Å². The Balaban J connectivity index is 0.00000121. The van der Waals surface area contributed by atoms with Gasteiger partial charge in [0.05, 0.1) is 23.3 Å². The maximum atomic E-state index is 5.22. The van der Waals surface area contributed by atoms with Crippen molar-refractivity contribution in [3.05, 3.63) is 93.0 Å². The van der Waals surface area contributed by atoms with Crippen molar-refractivity contribution in [2.75, 3.05) is 0 Å². The van der Waals surface area contributed by atoms with E-state index in [0.717, 1.165) is 88.3 Å². The van der Waals surface area contributed by atoms with Crippen LogP contribution in [0, 0.1) is 55.4 Å². The Morgan fingerprint density at radius 1 is 0.353 bits per heavy atom. The summed E-state index contributed by atoms with van der Waals surface area (Å²) >= 11 is -0.346. The molecule has 0 N–H and O–H groups in total. The fourth-order valence-electron chi connectivity index (χ4n) is 7.45. The summed E-state index contributed by atoms with van der Waals surface area (Å²) in [4.78, 5) is 41.3. The van der Waals surface area contributed by atoms with Gasteiger partial charge in [0.2, 0.25) is 0 Å². The summed E-state index contributed by atoms with van der Waals surface area (Å²) in [6.45, 7) is 16.7. The van der Waals surface area contributed by atoms with Crippen molar-refractivity contribution in [3.63, 3.8) is 0 Å². The molecule has 0 saturated carbocycles. The number of fused-ring (bicyclic) bond motifs is 20. The molecule has 3 aromatic heterocycles. The molecule has 9 rings (SSSR count). The van der Waals surface area contributed by atoms with Gasteiger partial charge in [0, 0.05) is 44.8 Å². The van der Waals surface area contributed by atoms with Crippen molar-refractivity contribution in [3.8, 4) is 45.6 Å². The first-order valence-electron chi connectivity index (χ1n) is 16.5. The molecule has 0 spiro atoms. The maximum absolute atomic E-state index is 5.22. The Hall–Kier alpha value is -4.56. The van der Waals surface area contributed by atoms with Gasteiger partial charge in [-0.25, -0.2) is 9.97 Å². The summed E-state index contributed by atoms with van der Waals surface area (Å²) in [5, 5.41) is 3.85. The third kappa shape index (κ3) is 5.28. The summed E-state index contributed by atoms with van der Waals surface area (Å²) in [5.41, 5.74) is 14.8. The Kier molecular flexibility index (Phi) is 8.29. The van der Waals surface area contributed by atoms with Crippen LogP contribution in [0.1, 0.15) is 44.5 Å². The van der Waals surface area contributed by atoms with Gasteiger partial charge in [0.15, 0.2) is 0 Å². The van der Waals surface area contributed by atoms with Gasteiger partial charge in [0.25, 0.3) is 0 Å². The van der Waals surface area contributed by atoms with Crippen LogP contribution in [0.15, 0.2) is 48.5 Å². The minimum atomic E-state index is -0.346. The number of halogens is 2. The van der Waals surface area contributed by atoms with Gasteiger partial charge in [-0.3, -0.25) is 0 Å². The summed E-state index contributed by atoms with van der Waals surface area (Å²) in [6, 6.07) is 16.9. The van der Waals surface area contributed by atoms with Gasteiger partial charge in [-0.1, -0.05) is 48.5 Å².